The molecule has 116 valence electrons. The molecule has 0 aromatic carbocycles. The third kappa shape index (κ3) is 7.45. The minimum absolute atomic E-state index is 0.189. The maximum Gasteiger partial charge on any atom is 0.408 e. The smallest absolute Gasteiger partial charge is 0.408 e. The molecule has 1 aromatic rings. The van der Waals surface area contributed by atoms with Gasteiger partial charge in [0, 0.05) is 12.3 Å². The molecule has 0 atom stereocenters. The van der Waals surface area contributed by atoms with Gasteiger partial charge in [-0.2, -0.15) is 30.2 Å². The number of thioether (sulfide) groups is 1. The molecule has 1 rings (SSSR count). The number of nitrogens with zero attached hydrogens (tertiary/aromatic N) is 3. The molecule has 1 heterocycles. The van der Waals surface area contributed by atoms with Crippen molar-refractivity contribution in [2.45, 2.75) is 18.9 Å². The standard InChI is InChI=1S/C11H14F3N5OS/c1-8-9(20-7-19-8)4-21-3-2-16-10(18-6-15)17-5-11(12,13)14/h7H,2-5H2,1H3,(H2,16,17,18). The highest BCUT2D eigenvalue weighted by Crippen LogP contribution is 2.15. The highest BCUT2D eigenvalue weighted by molar-refractivity contribution is 7.98. The lowest BCUT2D eigenvalue weighted by Crippen LogP contribution is -2.36. The molecule has 0 amide bonds. The molecule has 0 aliphatic rings. The number of hydrogen-bond acceptors (Lipinski definition) is 5. The normalized spacial score (nSPS) is 12.0. The molecule has 0 aliphatic carbocycles. The predicted molar refractivity (Wildman–Crippen MR) is 72.5 cm³/mol. The van der Waals surface area contributed by atoms with E-state index in [1.54, 1.807) is 0 Å². The van der Waals surface area contributed by atoms with Gasteiger partial charge in [0.15, 0.2) is 12.6 Å². The first-order valence-corrected chi connectivity index (χ1v) is 7.04. The Hall–Kier alpha value is -1.89. The summed E-state index contributed by atoms with van der Waals surface area (Å²) in [7, 11) is 0. The number of hydrogen-bond donors (Lipinski definition) is 2. The molecule has 0 aliphatic heterocycles. The van der Waals surface area contributed by atoms with Gasteiger partial charge in [0.2, 0.25) is 5.96 Å². The number of halogens is 3. The number of aromatic nitrogens is 1. The summed E-state index contributed by atoms with van der Waals surface area (Å²) in [5.74, 6) is 1.80. The number of rotatable bonds is 6. The van der Waals surface area contributed by atoms with Crippen LogP contribution in [0.3, 0.4) is 0 Å². The monoisotopic (exact) mass is 321 g/mol. The molecule has 2 N–H and O–H groups in total. The topological polar surface area (TPSA) is 86.2 Å². The van der Waals surface area contributed by atoms with Crippen LogP contribution in [0.15, 0.2) is 15.8 Å². The average Bonchev–Trinajstić information content (AvgIpc) is 2.80. The molecular formula is C11H14F3N5OS. The van der Waals surface area contributed by atoms with Gasteiger partial charge in [0.25, 0.3) is 0 Å². The Bertz CT molecular complexity index is 509. The lowest BCUT2D eigenvalue weighted by atomic mass is 10.4. The van der Waals surface area contributed by atoms with Crippen molar-refractivity contribution in [1.29, 1.82) is 5.26 Å². The molecular weight excluding hydrogens is 307 g/mol. The van der Waals surface area contributed by atoms with E-state index in [0.29, 0.717) is 18.1 Å². The van der Waals surface area contributed by atoms with Crippen LogP contribution >= 0.6 is 11.8 Å². The van der Waals surface area contributed by atoms with Crippen LogP contribution in [-0.4, -0.2) is 36.0 Å². The first kappa shape index (κ1) is 17.2. The van der Waals surface area contributed by atoms with Crippen LogP contribution in [0.25, 0.3) is 0 Å². The quantitative estimate of drug-likeness (QED) is 0.273. The molecule has 0 radical (unpaired) electrons. The molecule has 0 saturated carbocycles. The molecule has 0 spiro atoms. The van der Waals surface area contributed by atoms with E-state index in [1.165, 1.54) is 24.3 Å². The summed E-state index contributed by atoms with van der Waals surface area (Å²) in [5.41, 5.74) is 0.814. The lowest BCUT2D eigenvalue weighted by molar-refractivity contribution is -0.118. The summed E-state index contributed by atoms with van der Waals surface area (Å²) in [4.78, 5) is 7.20. The van der Waals surface area contributed by atoms with Gasteiger partial charge < -0.3 is 9.73 Å². The second-order valence-corrected chi connectivity index (χ2v) is 4.96. The van der Waals surface area contributed by atoms with Crippen molar-refractivity contribution in [3.8, 4) is 6.19 Å². The minimum atomic E-state index is -4.40. The number of oxazole rings is 1. The fourth-order valence-electron chi connectivity index (χ4n) is 1.23. The van der Waals surface area contributed by atoms with E-state index in [4.69, 9.17) is 9.68 Å². The Morgan fingerprint density at radius 3 is 2.90 bits per heavy atom. The number of aliphatic imine (C=N–C) groups is 1. The van der Waals surface area contributed by atoms with Crippen LogP contribution in [0, 0.1) is 18.4 Å². The number of aryl methyl sites for hydroxylation is 1. The summed E-state index contributed by atoms with van der Waals surface area (Å²) in [6.07, 6.45) is -1.50. The number of nitriles is 1. The highest BCUT2D eigenvalue weighted by Gasteiger charge is 2.26. The van der Waals surface area contributed by atoms with Crippen LogP contribution in [0.2, 0.25) is 0 Å². The van der Waals surface area contributed by atoms with Crippen molar-refractivity contribution in [3.63, 3.8) is 0 Å². The van der Waals surface area contributed by atoms with Crippen LogP contribution in [-0.2, 0) is 5.75 Å². The number of guanidine groups is 1. The van der Waals surface area contributed by atoms with Crippen molar-refractivity contribution >= 4 is 17.7 Å². The second kappa shape index (κ2) is 8.41. The first-order valence-electron chi connectivity index (χ1n) is 5.89. The number of nitrogens with one attached hydrogen (secondary N) is 2. The zero-order chi connectivity index (χ0) is 15.7. The molecule has 10 heteroatoms. The third-order valence-electron chi connectivity index (χ3n) is 2.21. The van der Waals surface area contributed by atoms with Crippen molar-refractivity contribution < 1.29 is 17.6 Å². The molecule has 6 nitrogen and oxygen atoms in total. The average molecular weight is 321 g/mol. The van der Waals surface area contributed by atoms with Crippen molar-refractivity contribution in [1.82, 2.24) is 15.6 Å². The van der Waals surface area contributed by atoms with Crippen molar-refractivity contribution in [2.75, 3.05) is 18.8 Å². The Morgan fingerprint density at radius 1 is 1.57 bits per heavy atom. The summed E-state index contributed by atoms with van der Waals surface area (Å²) < 4.78 is 41.2. The van der Waals surface area contributed by atoms with Gasteiger partial charge in [-0.25, -0.2) is 9.98 Å². The summed E-state index contributed by atoms with van der Waals surface area (Å²) >= 11 is 1.52. The molecule has 0 fully saturated rings. The van der Waals surface area contributed by atoms with Gasteiger partial charge in [-0.05, 0) is 6.92 Å². The SMILES string of the molecule is Cc1ncoc1CSCCNC(=NCC(F)(F)F)NC#N. The maximum absolute atomic E-state index is 12.0. The maximum atomic E-state index is 12.0. The molecule has 21 heavy (non-hydrogen) atoms. The van der Waals surface area contributed by atoms with Gasteiger partial charge in [-0.3, -0.25) is 5.32 Å². The summed E-state index contributed by atoms with van der Waals surface area (Å²) in [5, 5.41) is 13.1. The van der Waals surface area contributed by atoms with Gasteiger partial charge in [-0.1, -0.05) is 0 Å². The lowest BCUT2D eigenvalue weighted by Gasteiger charge is -2.08. The zero-order valence-electron chi connectivity index (χ0n) is 11.2. The molecule has 0 bridgehead atoms. The van der Waals surface area contributed by atoms with Crippen LogP contribution < -0.4 is 10.6 Å². The van der Waals surface area contributed by atoms with Gasteiger partial charge in [0.1, 0.15) is 12.3 Å². The van der Waals surface area contributed by atoms with E-state index in [9.17, 15) is 13.2 Å². The van der Waals surface area contributed by atoms with Crippen molar-refractivity contribution in [3.05, 3.63) is 17.8 Å². The molecule has 0 unspecified atom stereocenters. The molecule has 1 aromatic heterocycles. The number of alkyl halides is 3. The predicted octanol–water partition coefficient (Wildman–Crippen LogP) is 1.79. The fraction of sp³-hybridized carbons (Fsp3) is 0.545. The highest BCUT2D eigenvalue weighted by atomic mass is 32.2. The van der Waals surface area contributed by atoms with E-state index in [2.05, 4.69) is 20.6 Å². The largest absolute Gasteiger partial charge is 0.447 e. The van der Waals surface area contributed by atoms with Crippen LogP contribution in [0.5, 0.6) is 0 Å². The van der Waals surface area contributed by atoms with Crippen LogP contribution in [0.4, 0.5) is 13.2 Å². The second-order valence-electron chi connectivity index (χ2n) is 3.86. The Balaban J connectivity index is 2.27. The fourth-order valence-corrected chi connectivity index (χ4v) is 2.09. The van der Waals surface area contributed by atoms with E-state index in [0.717, 1.165) is 11.5 Å². The van der Waals surface area contributed by atoms with Gasteiger partial charge in [0.05, 0.1) is 11.4 Å². The van der Waals surface area contributed by atoms with E-state index < -0.39 is 12.7 Å². The van der Waals surface area contributed by atoms with Crippen LogP contribution in [0.1, 0.15) is 11.5 Å². The van der Waals surface area contributed by atoms with Gasteiger partial charge in [-0.15, -0.1) is 0 Å². The van der Waals surface area contributed by atoms with E-state index >= 15 is 0 Å². The molecule has 0 saturated heterocycles. The first-order chi connectivity index (χ1) is 9.92. The van der Waals surface area contributed by atoms with Gasteiger partial charge >= 0.3 is 6.18 Å². The Labute approximate surface area is 123 Å². The Morgan fingerprint density at radius 2 is 2.33 bits per heavy atom. The van der Waals surface area contributed by atoms with E-state index in [-0.39, 0.29) is 5.96 Å². The van der Waals surface area contributed by atoms with E-state index in [1.807, 2.05) is 6.92 Å². The minimum Gasteiger partial charge on any atom is -0.447 e. The van der Waals surface area contributed by atoms with Crippen molar-refractivity contribution in [2.24, 2.45) is 4.99 Å². The zero-order valence-corrected chi connectivity index (χ0v) is 12.0. The Kier molecular flexibility index (Phi) is 6.87. The summed E-state index contributed by atoms with van der Waals surface area (Å²) in [6, 6.07) is 0. The summed E-state index contributed by atoms with van der Waals surface area (Å²) in [6.45, 7) is 0.855. The third-order valence-corrected chi connectivity index (χ3v) is 3.17.